The first-order valence-electron chi connectivity index (χ1n) is 11.2. The molecule has 0 spiro atoms. The summed E-state index contributed by atoms with van der Waals surface area (Å²) in [5.74, 6) is -0.265. The quantitative estimate of drug-likeness (QED) is 0.377. The zero-order chi connectivity index (χ0) is 25.0. The zero-order valence-electron chi connectivity index (χ0n) is 19.2. The molecular weight excluding hydrogens is 527 g/mol. The van der Waals surface area contributed by atoms with E-state index in [0.717, 1.165) is 10.4 Å². The second-order valence-electron chi connectivity index (χ2n) is 8.35. The fourth-order valence-corrected chi connectivity index (χ4v) is 6.83. The number of ether oxygens (including phenoxy) is 1. The van der Waals surface area contributed by atoms with Crippen LogP contribution in [0.2, 0.25) is 10.0 Å². The lowest BCUT2D eigenvalue weighted by atomic mass is 10.1. The molecule has 1 aromatic heterocycles. The standard InChI is InChI=1S/C25H26Cl2N2O4S2/c1-18(15-22-3-2-14-34-22)29(17-19-4-7-21(26)8-5-19)25(30)20-6-9-23(27)24(16-20)35(31,32)28-10-12-33-13-11-28/h2-9,14,16,18H,10-13,15,17H2,1H3/t18-/m0/s1. The molecule has 186 valence electrons. The molecule has 0 aliphatic carbocycles. The Balaban J connectivity index is 1.66. The summed E-state index contributed by atoms with van der Waals surface area (Å²) in [6.45, 7) is 3.50. The first kappa shape index (κ1) is 26.1. The van der Waals surface area contributed by atoms with Gasteiger partial charge in [0.1, 0.15) is 4.90 Å². The average molecular weight is 554 g/mol. The van der Waals surface area contributed by atoms with Gasteiger partial charge in [0.15, 0.2) is 0 Å². The molecule has 2 aromatic carbocycles. The molecule has 1 saturated heterocycles. The van der Waals surface area contributed by atoms with Crippen LogP contribution in [0.1, 0.15) is 27.7 Å². The van der Waals surface area contributed by atoms with E-state index in [0.29, 0.717) is 31.2 Å². The van der Waals surface area contributed by atoms with Gasteiger partial charge in [-0.1, -0.05) is 41.4 Å². The number of benzene rings is 2. The Hall–Kier alpha value is -1.94. The molecule has 1 atom stereocenters. The van der Waals surface area contributed by atoms with Crippen molar-refractivity contribution in [3.63, 3.8) is 0 Å². The maximum Gasteiger partial charge on any atom is 0.254 e. The Morgan fingerprint density at radius 2 is 1.83 bits per heavy atom. The highest BCUT2D eigenvalue weighted by molar-refractivity contribution is 7.89. The summed E-state index contributed by atoms with van der Waals surface area (Å²) in [4.78, 5) is 16.6. The fourth-order valence-electron chi connectivity index (χ4n) is 3.97. The van der Waals surface area contributed by atoms with Gasteiger partial charge in [-0.05, 0) is 54.3 Å². The maximum absolute atomic E-state index is 13.8. The molecule has 0 saturated carbocycles. The van der Waals surface area contributed by atoms with Crippen LogP contribution in [0.4, 0.5) is 0 Å². The molecule has 0 N–H and O–H groups in total. The third-order valence-corrected chi connectivity index (χ3v) is 9.43. The number of hydrogen-bond donors (Lipinski definition) is 0. The first-order chi connectivity index (χ1) is 16.8. The molecule has 1 aliphatic rings. The highest BCUT2D eigenvalue weighted by Gasteiger charge is 2.30. The molecule has 3 aromatic rings. The second kappa shape index (κ2) is 11.4. The number of hydrogen-bond acceptors (Lipinski definition) is 5. The molecule has 1 aliphatic heterocycles. The summed E-state index contributed by atoms with van der Waals surface area (Å²) in [7, 11) is -3.86. The smallest absolute Gasteiger partial charge is 0.254 e. The Bertz CT molecular complexity index is 1260. The monoisotopic (exact) mass is 552 g/mol. The maximum atomic E-state index is 13.8. The Morgan fingerprint density at radius 3 is 2.49 bits per heavy atom. The Kier molecular flexibility index (Phi) is 8.52. The second-order valence-corrected chi connectivity index (χ2v) is 12.1. The zero-order valence-corrected chi connectivity index (χ0v) is 22.3. The molecule has 2 heterocycles. The van der Waals surface area contributed by atoms with E-state index in [4.69, 9.17) is 27.9 Å². The largest absolute Gasteiger partial charge is 0.379 e. The third kappa shape index (κ3) is 6.25. The predicted molar refractivity (Wildman–Crippen MR) is 140 cm³/mol. The van der Waals surface area contributed by atoms with E-state index in [1.165, 1.54) is 16.4 Å². The van der Waals surface area contributed by atoms with Crippen molar-refractivity contribution < 1.29 is 17.9 Å². The van der Waals surface area contributed by atoms with Gasteiger partial charge < -0.3 is 9.64 Å². The Morgan fingerprint density at radius 1 is 1.11 bits per heavy atom. The molecule has 0 unspecified atom stereocenters. The van der Waals surface area contributed by atoms with Crippen LogP contribution in [0.5, 0.6) is 0 Å². The van der Waals surface area contributed by atoms with Crippen molar-refractivity contribution in [1.29, 1.82) is 0 Å². The van der Waals surface area contributed by atoms with Crippen LogP contribution in [0, 0.1) is 0 Å². The molecule has 4 rings (SSSR count). The summed E-state index contributed by atoms with van der Waals surface area (Å²) in [5.41, 5.74) is 1.20. The van der Waals surface area contributed by atoms with Gasteiger partial charge in [-0.2, -0.15) is 4.31 Å². The van der Waals surface area contributed by atoms with Gasteiger partial charge in [-0.3, -0.25) is 4.79 Å². The summed E-state index contributed by atoms with van der Waals surface area (Å²) in [6, 6.07) is 15.7. The van der Waals surface area contributed by atoms with Gasteiger partial charge >= 0.3 is 0 Å². The number of carbonyl (C=O) groups is 1. The van der Waals surface area contributed by atoms with Crippen molar-refractivity contribution >= 4 is 50.5 Å². The van der Waals surface area contributed by atoms with E-state index in [2.05, 4.69) is 0 Å². The van der Waals surface area contributed by atoms with Crippen LogP contribution < -0.4 is 0 Å². The minimum absolute atomic E-state index is 0.0655. The van der Waals surface area contributed by atoms with E-state index in [1.54, 1.807) is 34.4 Å². The lowest BCUT2D eigenvalue weighted by molar-refractivity contribution is 0.0675. The van der Waals surface area contributed by atoms with Gasteiger partial charge in [0, 0.05) is 47.6 Å². The predicted octanol–water partition coefficient (Wildman–Crippen LogP) is 5.35. The van der Waals surface area contributed by atoms with E-state index in [1.807, 2.05) is 36.6 Å². The number of rotatable bonds is 8. The SMILES string of the molecule is C[C@@H](Cc1cccs1)N(Cc1ccc(Cl)cc1)C(=O)c1ccc(Cl)c(S(=O)(=O)N2CCOCC2)c1. The molecule has 35 heavy (non-hydrogen) atoms. The minimum Gasteiger partial charge on any atom is -0.379 e. The minimum atomic E-state index is -3.86. The van der Waals surface area contributed by atoms with E-state index in [9.17, 15) is 13.2 Å². The summed E-state index contributed by atoms with van der Waals surface area (Å²) >= 11 is 14.0. The van der Waals surface area contributed by atoms with Crippen molar-refractivity contribution in [2.45, 2.75) is 30.8 Å². The summed E-state index contributed by atoms with van der Waals surface area (Å²) in [6.07, 6.45) is 0.684. The van der Waals surface area contributed by atoms with Crippen LogP contribution in [0.25, 0.3) is 0 Å². The topological polar surface area (TPSA) is 66.9 Å². The number of morpholine rings is 1. The molecule has 10 heteroatoms. The number of carbonyl (C=O) groups excluding carboxylic acids is 1. The van der Waals surface area contributed by atoms with Gasteiger partial charge in [-0.15, -0.1) is 11.3 Å². The number of sulfonamides is 1. The number of thiophene rings is 1. The van der Waals surface area contributed by atoms with Crippen LogP contribution in [-0.4, -0.2) is 55.9 Å². The van der Waals surface area contributed by atoms with E-state index >= 15 is 0 Å². The van der Waals surface area contributed by atoms with Crippen molar-refractivity contribution in [2.24, 2.45) is 0 Å². The summed E-state index contributed by atoms with van der Waals surface area (Å²) in [5, 5.41) is 2.72. The molecule has 6 nitrogen and oxygen atoms in total. The van der Waals surface area contributed by atoms with Crippen LogP contribution in [0.15, 0.2) is 64.9 Å². The third-order valence-electron chi connectivity index (χ3n) is 5.90. The highest BCUT2D eigenvalue weighted by Crippen LogP contribution is 2.28. The van der Waals surface area contributed by atoms with Crippen molar-refractivity contribution in [3.8, 4) is 0 Å². The molecule has 0 radical (unpaired) electrons. The number of amides is 1. The number of nitrogens with zero attached hydrogens (tertiary/aromatic N) is 2. The lowest BCUT2D eigenvalue weighted by Gasteiger charge is -2.30. The van der Waals surface area contributed by atoms with Gasteiger partial charge in [0.05, 0.1) is 18.2 Å². The first-order valence-corrected chi connectivity index (χ1v) is 14.3. The van der Waals surface area contributed by atoms with Crippen molar-refractivity contribution in [2.75, 3.05) is 26.3 Å². The van der Waals surface area contributed by atoms with Gasteiger partial charge in [-0.25, -0.2) is 8.42 Å². The van der Waals surface area contributed by atoms with Gasteiger partial charge in [0.25, 0.3) is 5.91 Å². The normalized spacial score (nSPS) is 15.6. The molecule has 1 amide bonds. The van der Waals surface area contributed by atoms with Crippen LogP contribution in [-0.2, 0) is 27.7 Å². The lowest BCUT2D eigenvalue weighted by Crippen LogP contribution is -2.41. The average Bonchev–Trinajstić information content (AvgIpc) is 3.37. The number of halogens is 2. The highest BCUT2D eigenvalue weighted by atomic mass is 35.5. The Labute approximate surface area is 220 Å². The fraction of sp³-hybridized carbons (Fsp3) is 0.320. The summed E-state index contributed by atoms with van der Waals surface area (Å²) < 4.78 is 33.2. The van der Waals surface area contributed by atoms with E-state index in [-0.39, 0.29) is 40.5 Å². The van der Waals surface area contributed by atoms with Crippen LogP contribution in [0.3, 0.4) is 0 Å². The van der Waals surface area contributed by atoms with Gasteiger partial charge in [0.2, 0.25) is 10.0 Å². The van der Waals surface area contributed by atoms with Crippen molar-refractivity contribution in [1.82, 2.24) is 9.21 Å². The molecular formula is C25H26Cl2N2O4S2. The molecule has 0 bridgehead atoms. The van der Waals surface area contributed by atoms with Crippen LogP contribution >= 0.6 is 34.5 Å². The molecule has 1 fully saturated rings. The van der Waals surface area contributed by atoms with Crippen molar-refractivity contribution in [3.05, 3.63) is 86.0 Å². The van der Waals surface area contributed by atoms with E-state index < -0.39 is 10.0 Å².